The Hall–Kier alpha value is -2.49. The predicted molar refractivity (Wildman–Crippen MR) is 125 cm³/mol. The summed E-state index contributed by atoms with van der Waals surface area (Å²) in [5.41, 5.74) is 3.19. The van der Waals surface area contributed by atoms with Gasteiger partial charge in [-0.2, -0.15) is 0 Å². The minimum Gasteiger partial charge on any atom is -0.454 e. The zero-order chi connectivity index (χ0) is 19.8. The van der Waals surface area contributed by atoms with Gasteiger partial charge < -0.3 is 25.4 Å². The molecule has 0 spiro atoms. The lowest BCUT2D eigenvalue weighted by Gasteiger charge is -2.12. The average Bonchev–Trinajstić information content (AvgIpc) is 3.15. The zero-order valence-electron chi connectivity index (χ0n) is 16.7. The number of ether oxygens (including phenoxy) is 2. The van der Waals surface area contributed by atoms with Gasteiger partial charge in [0.25, 0.3) is 0 Å². The second-order valence-corrected chi connectivity index (χ2v) is 6.49. The Labute approximate surface area is 188 Å². The maximum Gasteiger partial charge on any atom is 0.231 e. The number of aliphatic imine (C=N–C) groups is 1. The Morgan fingerprint density at radius 3 is 2.24 bits per heavy atom. The Morgan fingerprint density at radius 2 is 1.59 bits per heavy atom. The highest BCUT2D eigenvalue weighted by Gasteiger charge is 2.12. The molecule has 0 saturated carbocycles. The van der Waals surface area contributed by atoms with E-state index in [0.717, 1.165) is 49.1 Å². The van der Waals surface area contributed by atoms with E-state index in [9.17, 15) is 4.79 Å². The molecule has 3 N–H and O–H groups in total. The highest BCUT2D eigenvalue weighted by Crippen LogP contribution is 2.32. The van der Waals surface area contributed by atoms with Crippen molar-refractivity contribution < 1.29 is 14.3 Å². The third-order valence-corrected chi connectivity index (χ3v) is 4.35. The minimum absolute atomic E-state index is 0. The number of fused-ring (bicyclic) bond motifs is 1. The molecular formula is C21H27IN4O3. The molecule has 1 aliphatic rings. The van der Waals surface area contributed by atoms with Crippen molar-refractivity contribution in [3.8, 4) is 11.5 Å². The van der Waals surface area contributed by atoms with Crippen LogP contribution in [0.2, 0.25) is 0 Å². The van der Waals surface area contributed by atoms with E-state index in [0.29, 0.717) is 6.79 Å². The Kier molecular flexibility index (Phi) is 9.04. The maximum absolute atomic E-state index is 11.1. The predicted octanol–water partition coefficient (Wildman–Crippen LogP) is 2.94. The second-order valence-electron chi connectivity index (χ2n) is 6.49. The van der Waals surface area contributed by atoms with E-state index < -0.39 is 0 Å². The fourth-order valence-electron chi connectivity index (χ4n) is 2.93. The van der Waals surface area contributed by atoms with Gasteiger partial charge >= 0.3 is 0 Å². The first-order chi connectivity index (χ1) is 13.6. The molecule has 0 bridgehead atoms. The first kappa shape index (κ1) is 22.8. The highest BCUT2D eigenvalue weighted by atomic mass is 127. The number of nitrogens with one attached hydrogen (secondary N) is 3. The van der Waals surface area contributed by atoms with Crippen LogP contribution in [0.1, 0.15) is 18.1 Å². The van der Waals surface area contributed by atoms with Gasteiger partial charge in [0.1, 0.15) is 0 Å². The van der Waals surface area contributed by atoms with Crippen LogP contribution in [0.5, 0.6) is 11.5 Å². The number of carbonyl (C=O) groups is 1. The molecule has 0 saturated heterocycles. The van der Waals surface area contributed by atoms with Crippen LogP contribution in [-0.4, -0.2) is 38.8 Å². The molecule has 156 valence electrons. The lowest BCUT2D eigenvalue weighted by Crippen LogP contribution is -2.39. The van der Waals surface area contributed by atoms with E-state index in [1.807, 2.05) is 36.4 Å². The monoisotopic (exact) mass is 510 g/mol. The number of halogens is 1. The lowest BCUT2D eigenvalue weighted by molar-refractivity contribution is -0.114. The van der Waals surface area contributed by atoms with Crippen LogP contribution in [0.15, 0.2) is 47.5 Å². The van der Waals surface area contributed by atoms with Gasteiger partial charge in [0, 0.05) is 32.7 Å². The number of guanidine groups is 1. The Bertz CT molecular complexity index is 840. The summed E-state index contributed by atoms with van der Waals surface area (Å²) >= 11 is 0. The van der Waals surface area contributed by atoms with E-state index in [4.69, 9.17) is 9.47 Å². The number of rotatable bonds is 7. The van der Waals surface area contributed by atoms with Crippen molar-refractivity contribution in [2.75, 3.05) is 32.2 Å². The number of nitrogens with zero attached hydrogens (tertiary/aromatic N) is 1. The lowest BCUT2D eigenvalue weighted by atomic mass is 10.1. The van der Waals surface area contributed by atoms with Crippen LogP contribution in [0.3, 0.4) is 0 Å². The first-order valence-electron chi connectivity index (χ1n) is 9.33. The number of hydrogen-bond acceptors (Lipinski definition) is 4. The molecule has 0 unspecified atom stereocenters. The van der Waals surface area contributed by atoms with Crippen molar-refractivity contribution in [2.45, 2.75) is 19.8 Å². The van der Waals surface area contributed by atoms with Gasteiger partial charge in [-0.15, -0.1) is 24.0 Å². The third kappa shape index (κ3) is 7.12. The summed E-state index contributed by atoms with van der Waals surface area (Å²) < 4.78 is 10.7. The van der Waals surface area contributed by atoms with Gasteiger partial charge in [-0.3, -0.25) is 9.79 Å². The smallest absolute Gasteiger partial charge is 0.231 e. The molecule has 0 atom stereocenters. The van der Waals surface area contributed by atoms with Gasteiger partial charge in [0.05, 0.1) is 0 Å². The number of anilines is 1. The van der Waals surface area contributed by atoms with Crippen molar-refractivity contribution in [3.63, 3.8) is 0 Å². The number of amides is 1. The molecule has 1 aliphatic heterocycles. The molecule has 0 aromatic heterocycles. The zero-order valence-corrected chi connectivity index (χ0v) is 19.0. The molecule has 2 aromatic rings. The summed E-state index contributed by atoms with van der Waals surface area (Å²) in [5.74, 6) is 2.32. The second kappa shape index (κ2) is 11.5. The fourth-order valence-corrected chi connectivity index (χ4v) is 2.93. The van der Waals surface area contributed by atoms with Gasteiger partial charge in [-0.1, -0.05) is 18.2 Å². The normalized spacial score (nSPS) is 12.1. The number of benzene rings is 2. The standard InChI is InChI=1S/C21H26N4O3.HI/c1-15(26)25-18-6-3-16(4-7-18)9-11-23-21(22-2)24-12-10-17-5-8-19-20(13-17)28-14-27-19;/h3-8,13H,9-12,14H2,1-2H3,(H,25,26)(H2,22,23,24);1H. The number of carbonyl (C=O) groups excluding carboxylic acids is 1. The maximum atomic E-state index is 11.1. The molecule has 0 aliphatic carbocycles. The van der Waals surface area contributed by atoms with Crippen LogP contribution in [0.25, 0.3) is 0 Å². The Morgan fingerprint density at radius 1 is 0.966 bits per heavy atom. The van der Waals surface area contributed by atoms with E-state index in [2.05, 4.69) is 27.0 Å². The van der Waals surface area contributed by atoms with Crippen LogP contribution in [0, 0.1) is 0 Å². The molecule has 1 heterocycles. The number of hydrogen-bond donors (Lipinski definition) is 3. The van der Waals surface area contributed by atoms with Crippen molar-refractivity contribution in [1.29, 1.82) is 0 Å². The molecule has 2 aromatic carbocycles. The quantitative estimate of drug-likeness (QED) is 0.303. The molecule has 1 amide bonds. The summed E-state index contributed by atoms with van der Waals surface area (Å²) in [6.45, 7) is 3.33. The SMILES string of the molecule is CN=C(NCCc1ccc(NC(C)=O)cc1)NCCc1ccc2c(c1)OCO2.I. The fraction of sp³-hybridized carbons (Fsp3) is 0.333. The summed E-state index contributed by atoms with van der Waals surface area (Å²) in [6, 6.07) is 13.9. The molecule has 7 nitrogen and oxygen atoms in total. The summed E-state index contributed by atoms with van der Waals surface area (Å²) in [6.07, 6.45) is 1.73. The Balaban J connectivity index is 0.00000300. The van der Waals surface area contributed by atoms with Crippen LogP contribution < -0.4 is 25.4 Å². The van der Waals surface area contributed by atoms with E-state index in [1.165, 1.54) is 18.1 Å². The van der Waals surface area contributed by atoms with Crippen LogP contribution in [0.4, 0.5) is 5.69 Å². The van der Waals surface area contributed by atoms with E-state index >= 15 is 0 Å². The van der Waals surface area contributed by atoms with Crippen molar-refractivity contribution in [3.05, 3.63) is 53.6 Å². The average molecular weight is 510 g/mol. The minimum atomic E-state index is -0.0648. The molecular weight excluding hydrogens is 483 g/mol. The first-order valence-corrected chi connectivity index (χ1v) is 9.33. The molecule has 0 radical (unpaired) electrons. The summed E-state index contributed by atoms with van der Waals surface area (Å²) in [7, 11) is 1.76. The third-order valence-electron chi connectivity index (χ3n) is 4.35. The highest BCUT2D eigenvalue weighted by molar-refractivity contribution is 14.0. The van der Waals surface area contributed by atoms with E-state index in [1.54, 1.807) is 7.05 Å². The van der Waals surface area contributed by atoms with Crippen molar-refractivity contribution >= 4 is 41.5 Å². The van der Waals surface area contributed by atoms with Gasteiger partial charge in [-0.25, -0.2) is 0 Å². The molecule has 3 rings (SSSR count). The van der Waals surface area contributed by atoms with Crippen LogP contribution in [-0.2, 0) is 17.6 Å². The van der Waals surface area contributed by atoms with Gasteiger partial charge in [-0.05, 0) is 48.2 Å². The molecule has 29 heavy (non-hydrogen) atoms. The summed E-state index contributed by atoms with van der Waals surface area (Å²) in [5, 5.41) is 9.41. The largest absolute Gasteiger partial charge is 0.454 e. The summed E-state index contributed by atoms with van der Waals surface area (Å²) in [4.78, 5) is 15.3. The van der Waals surface area contributed by atoms with Crippen molar-refractivity contribution in [1.82, 2.24) is 10.6 Å². The van der Waals surface area contributed by atoms with E-state index in [-0.39, 0.29) is 29.9 Å². The topological polar surface area (TPSA) is 84.0 Å². The van der Waals surface area contributed by atoms with Crippen LogP contribution >= 0.6 is 24.0 Å². The van der Waals surface area contributed by atoms with Gasteiger partial charge in [0.2, 0.25) is 12.7 Å². The van der Waals surface area contributed by atoms with Crippen molar-refractivity contribution in [2.24, 2.45) is 4.99 Å². The molecule has 0 fully saturated rings. The molecule has 8 heteroatoms. The van der Waals surface area contributed by atoms with Gasteiger partial charge in [0.15, 0.2) is 17.5 Å².